The SMILES string of the molecule is COc1ccc(NC(C)=O)cc1S(=O)(=O)N1CC(C(=O)O)CCC1C. The molecule has 9 heteroatoms. The quantitative estimate of drug-likeness (QED) is 0.813. The molecular weight excluding hydrogens is 348 g/mol. The number of hydrogen-bond donors (Lipinski definition) is 2. The number of carboxylic acid groups (broad SMARTS) is 1. The first-order valence-electron chi connectivity index (χ1n) is 7.87. The van der Waals surface area contributed by atoms with Gasteiger partial charge in [-0.05, 0) is 38.0 Å². The average molecular weight is 370 g/mol. The Kier molecular flexibility index (Phi) is 5.69. The van der Waals surface area contributed by atoms with E-state index in [9.17, 15) is 23.1 Å². The van der Waals surface area contributed by atoms with Gasteiger partial charge < -0.3 is 15.2 Å². The van der Waals surface area contributed by atoms with Crippen molar-refractivity contribution in [2.75, 3.05) is 19.0 Å². The molecule has 1 heterocycles. The van der Waals surface area contributed by atoms with Gasteiger partial charge in [0.05, 0.1) is 13.0 Å². The molecular formula is C16H22N2O6S. The molecule has 1 fully saturated rings. The Labute approximate surface area is 146 Å². The van der Waals surface area contributed by atoms with Crippen molar-refractivity contribution in [3.63, 3.8) is 0 Å². The van der Waals surface area contributed by atoms with Gasteiger partial charge in [0.15, 0.2) is 0 Å². The highest BCUT2D eigenvalue weighted by molar-refractivity contribution is 7.89. The van der Waals surface area contributed by atoms with Crippen LogP contribution in [0.3, 0.4) is 0 Å². The van der Waals surface area contributed by atoms with Crippen LogP contribution in [-0.2, 0) is 19.6 Å². The Balaban J connectivity index is 2.46. The molecule has 1 aromatic rings. The van der Waals surface area contributed by atoms with Gasteiger partial charge in [0.2, 0.25) is 15.9 Å². The third kappa shape index (κ3) is 4.10. The molecule has 25 heavy (non-hydrogen) atoms. The van der Waals surface area contributed by atoms with E-state index in [1.54, 1.807) is 13.0 Å². The highest BCUT2D eigenvalue weighted by Crippen LogP contribution is 2.34. The number of methoxy groups -OCH3 is 1. The minimum absolute atomic E-state index is 0.0909. The molecule has 2 atom stereocenters. The normalized spacial score (nSPS) is 21.6. The molecule has 1 saturated heterocycles. The number of carboxylic acids is 1. The standard InChI is InChI=1S/C16H22N2O6S/c1-10-4-5-12(16(20)21)9-18(10)25(22,23)15-8-13(17-11(2)19)6-7-14(15)24-3/h6-8,10,12H,4-5,9H2,1-3H3,(H,17,19)(H,20,21). The largest absolute Gasteiger partial charge is 0.495 e. The molecule has 1 amide bonds. The van der Waals surface area contributed by atoms with Gasteiger partial charge in [0, 0.05) is 25.2 Å². The Hall–Kier alpha value is -2.13. The number of nitrogens with one attached hydrogen (secondary N) is 1. The smallest absolute Gasteiger partial charge is 0.307 e. The van der Waals surface area contributed by atoms with E-state index < -0.39 is 21.9 Å². The summed E-state index contributed by atoms with van der Waals surface area (Å²) in [4.78, 5) is 22.4. The second-order valence-corrected chi connectivity index (χ2v) is 7.94. The zero-order chi connectivity index (χ0) is 18.8. The molecule has 0 aromatic heterocycles. The van der Waals surface area contributed by atoms with E-state index in [0.717, 1.165) is 0 Å². The second-order valence-electron chi connectivity index (χ2n) is 6.08. The van der Waals surface area contributed by atoms with Crippen LogP contribution in [0.15, 0.2) is 23.1 Å². The number of benzene rings is 1. The number of hydrogen-bond acceptors (Lipinski definition) is 5. The van der Waals surface area contributed by atoms with Crippen LogP contribution in [0.2, 0.25) is 0 Å². The Bertz CT molecular complexity index is 777. The second kappa shape index (κ2) is 7.40. The summed E-state index contributed by atoms with van der Waals surface area (Å²) in [6.45, 7) is 2.98. The zero-order valence-corrected chi connectivity index (χ0v) is 15.2. The summed E-state index contributed by atoms with van der Waals surface area (Å²) < 4.78 is 32.6. The number of ether oxygens (including phenoxy) is 1. The number of anilines is 1. The van der Waals surface area contributed by atoms with Crippen LogP contribution >= 0.6 is 0 Å². The van der Waals surface area contributed by atoms with Crippen LogP contribution < -0.4 is 10.1 Å². The van der Waals surface area contributed by atoms with Crippen molar-refractivity contribution >= 4 is 27.6 Å². The number of nitrogens with zero attached hydrogens (tertiary/aromatic N) is 1. The van der Waals surface area contributed by atoms with Crippen LogP contribution in [0.4, 0.5) is 5.69 Å². The summed E-state index contributed by atoms with van der Waals surface area (Å²) in [5.74, 6) is -1.94. The molecule has 2 unspecified atom stereocenters. The molecule has 0 spiro atoms. The third-order valence-electron chi connectivity index (χ3n) is 4.24. The first kappa shape index (κ1) is 19.2. The predicted octanol–water partition coefficient (Wildman–Crippen LogP) is 1.53. The third-order valence-corrected chi connectivity index (χ3v) is 6.25. The summed E-state index contributed by atoms with van der Waals surface area (Å²) in [5, 5.41) is 11.8. The molecule has 0 radical (unpaired) electrons. The van der Waals surface area contributed by atoms with Gasteiger partial charge in [-0.3, -0.25) is 9.59 Å². The number of rotatable bonds is 5. The lowest BCUT2D eigenvalue weighted by Gasteiger charge is -2.35. The van der Waals surface area contributed by atoms with Crippen LogP contribution in [0.25, 0.3) is 0 Å². The van der Waals surface area contributed by atoms with Gasteiger partial charge in [-0.25, -0.2) is 8.42 Å². The van der Waals surface area contributed by atoms with Gasteiger partial charge in [0.25, 0.3) is 0 Å². The van der Waals surface area contributed by atoms with Crippen LogP contribution in [-0.4, -0.2) is 49.4 Å². The molecule has 8 nitrogen and oxygen atoms in total. The number of amides is 1. The number of piperidine rings is 1. The van der Waals surface area contributed by atoms with E-state index in [2.05, 4.69) is 5.32 Å². The maximum Gasteiger partial charge on any atom is 0.307 e. The van der Waals surface area contributed by atoms with Crippen molar-refractivity contribution in [3.8, 4) is 5.75 Å². The van der Waals surface area contributed by atoms with Crippen LogP contribution in [0.5, 0.6) is 5.75 Å². The zero-order valence-electron chi connectivity index (χ0n) is 14.4. The molecule has 0 bridgehead atoms. The number of carbonyl (C=O) groups excluding carboxylic acids is 1. The minimum atomic E-state index is -3.99. The van der Waals surface area contributed by atoms with E-state index in [-0.39, 0.29) is 29.1 Å². The topological polar surface area (TPSA) is 113 Å². The van der Waals surface area contributed by atoms with Crippen molar-refractivity contribution < 1.29 is 27.9 Å². The summed E-state index contributed by atoms with van der Waals surface area (Å²) >= 11 is 0. The average Bonchev–Trinajstić information content (AvgIpc) is 2.54. The molecule has 2 rings (SSSR count). The van der Waals surface area contributed by atoms with E-state index in [0.29, 0.717) is 18.5 Å². The molecule has 138 valence electrons. The van der Waals surface area contributed by atoms with E-state index >= 15 is 0 Å². The van der Waals surface area contributed by atoms with E-state index in [1.165, 1.54) is 30.5 Å². The Morgan fingerprint density at radius 1 is 1.32 bits per heavy atom. The van der Waals surface area contributed by atoms with Gasteiger partial charge in [-0.2, -0.15) is 4.31 Å². The lowest BCUT2D eigenvalue weighted by Crippen LogP contribution is -2.47. The van der Waals surface area contributed by atoms with Crippen LogP contribution in [0.1, 0.15) is 26.7 Å². The first-order valence-corrected chi connectivity index (χ1v) is 9.31. The molecule has 1 aliphatic rings. The van der Waals surface area contributed by atoms with E-state index in [4.69, 9.17) is 4.74 Å². The van der Waals surface area contributed by atoms with Gasteiger partial charge in [-0.15, -0.1) is 0 Å². The van der Waals surface area contributed by atoms with Crippen LogP contribution in [0, 0.1) is 5.92 Å². The highest BCUT2D eigenvalue weighted by Gasteiger charge is 2.38. The number of carbonyl (C=O) groups is 2. The summed E-state index contributed by atoms with van der Waals surface area (Å²) in [6, 6.07) is 4.00. The van der Waals surface area contributed by atoms with E-state index in [1.807, 2.05) is 0 Å². The molecule has 1 aromatic carbocycles. The predicted molar refractivity (Wildman–Crippen MR) is 91.0 cm³/mol. The van der Waals surface area contributed by atoms with Crippen molar-refractivity contribution in [2.45, 2.75) is 37.6 Å². The fraction of sp³-hybridized carbons (Fsp3) is 0.500. The molecule has 0 aliphatic carbocycles. The maximum absolute atomic E-state index is 13.1. The fourth-order valence-electron chi connectivity index (χ4n) is 2.90. The molecule has 1 aliphatic heterocycles. The van der Waals surface area contributed by atoms with Gasteiger partial charge in [0.1, 0.15) is 10.6 Å². The number of aliphatic carboxylic acids is 1. The summed E-state index contributed by atoms with van der Waals surface area (Å²) in [6.07, 6.45) is 0.898. The maximum atomic E-state index is 13.1. The van der Waals surface area contributed by atoms with Gasteiger partial charge >= 0.3 is 5.97 Å². The van der Waals surface area contributed by atoms with Crippen molar-refractivity contribution in [3.05, 3.63) is 18.2 Å². The number of sulfonamides is 1. The van der Waals surface area contributed by atoms with Crippen molar-refractivity contribution in [1.82, 2.24) is 4.31 Å². The minimum Gasteiger partial charge on any atom is -0.495 e. The first-order chi connectivity index (χ1) is 11.7. The van der Waals surface area contributed by atoms with Crippen molar-refractivity contribution in [2.24, 2.45) is 5.92 Å². The van der Waals surface area contributed by atoms with Crippen molar-refractivity contribution in [1.29, 1.82) is 0 Å². The monoisotopic (exact) mass is 370 g/mol. The lowest BCUT2D eigenvalue weighted by molar-refractivity contribution is -0.143. The Morgan fingerprint density at radius 2 is 2.00 bits per heavy atom. The highest BCUT2D eigenvalue weighted by atomic mass is 32.2. The lowest BCUT2D eigenvalue weighted by atomic mass is 9.96. The summed E-state index contributed by atoms with van der Waals surface area (Å²) in [5.41, 5.74) is 0.325. The summed E-state index contributed by atoms with van der Waals surface area (Å²) in [7, 11) is -2.63. The Morgan fingerprint density at radius 3 is 2.56 bits per heavy atom. The van der Waals surface area contributed by atoms with Gasteiger partial charge in [-0.1, -0.05) is 0 Å². The molecule has 0 saturated carbocycles. The fourth-order valence-corrected chi connectivity index (χ4v) is 4.79. The molecule has 2 N–H and O–H groups in total.